The van der Waals surface area contributed by atoms with Crippen molar-refractivity contribution in [3.05, 3.63) is 56.1 Å². The van der Waals surface area contributed by atoms with E-state index < -0.39 is 0 Å². The molecule has 8 nitrogen and oxygen atoms in total. The van der Waals surface area contributed by atoms with Crippen LogP contribution in [-0.2, 0) is 28.9 Å². The lowest BCUT2D eigenvalue weighted by Crippen LogP contribution is -2.30. The second kappa shape index (κ2) is 9.01. The predicted octanol–water partition coefficient (Wildman–Crippen LogP) is 4.35. The minimum Gasteiger partial charge on any atom is -0.371 e. The zero-order valence-corrected chi connectivity index (χ0v) is 20.1. The van der Waals surface area contributed by atoms with Crippen molar-refractivity contribution < 1.29 is 9.53 Å². The molecule has 174 valence electrons. The highest BCUT2D eigenvalue weighted by Crippen LogP contribution is 2.35. The maximum absolute atomic E-state index is 13.7. The number of anilines is 1. The number of fused-ring (bicyclic) bond motifs is 3. The summed E-state index contributed by atoms with van der Waals surface area (Å²) < 4.78 is 7.15. The molecule has 4 aromatic rings. The molecule has 1 fully saturated rings. The molecule has 1 aliphatic heterocycles. The van der Waals surface area contributed by atoms with Gasteiger partial charge >= 0.3 is 0 Å². The van der Waals surface area contributed by atoms with Crippen molar-refractivity contribution >= 4 is 43.9 Å². The number of nitrogens with zero attached hydrogens (tertiary/aromatic N) is 4. The normalized spacial score (nSPS) is 17.7. The zero-order chi connectivity index (χ0) is 23.1. The Bertz CT molecular complexity index is 1420. The fraction of sp³-hybridized carbons (Fsp3) is 0.375. The van der Waals surface area contributed by atoms with E-state index in [0.29, 0.717) is 16.3 Å². The van der Waals surface area contributed by atoms with Gasteiger partial charge in [-0.25, -0.2) is 4.98 Å². The highest BCUT2D eigenvalue weighted by molar-refractivity contribution is 7.18. The first kappa shape index (κ1) is 21.6. The van der Waals surface area contributed by atoms with Crippen LogP contribution in [0.4, 0.5) is 5.13 Å². The van der Waals surface area contributed by atoms with Gasteiger partial charge in [-0.3, -0.25) is 19.5 Å². The second-order valence-corrected chi connectivity index (χ2v) is 10.7. The summed E-state index contributed by atoms with van der Waals surface area (Å²) in [5.74, 6) is 0.170. The molecule has 0 bridgehead atoms. The molecule has 0 saturated carbocycles. The molecule has 1 saturated heterocycles. The molecule has 4 heterocycles. The van der Waals surface area contributed by atoms with Crippen molar-refractivity contribution in [1.29, 1.82) is 0 Å². The van der Waals surface area contributed by atoms with Crippen molar-refractivity contribution in [2.45, 2.75) is 51.2 Å². The smallest absolute Gasteiger partial charge is 0.263 e. The van der Waals surface area contributed by atoms with Crippen LogP contribution in [0.1, 0.15) is 47.2 Å². The van der Waals surface area contributed by atoms with Gasteiger partial charge in [-0.05, 0) is 44.1 Å². The summed E-state index contributed by atoms with van der Waals surface area (Å²) >= 11 is 2.93. The molecule has 1 N–H and O–H groups in total. The van der Waals surface area contributed by atoms with Gasteiger partial charge in [0.15, 0.2) is 0 Å². The Labute approximate surface area is 203 Å². The van der Waals surface area contributed by atoms with E-state index >= 15 is 0 Å². The second-order valence-electron chi connectivity index (χ2n) is 8.58. The van der Waals surface area contributed by atoms with Gasteiger partial charge in [0.1, 0.15) is 28.3 Å². The Morgan fingerprint density at radius 3 is 2.79 bits per heavy atom. The molecule has 6 rings (SSSR count). The maximum atomic E-state index is 13.7. The summed E-state index contributed by atoms with van der Waals surface area (Å²) in [7, 11) is 0. The SMILES string of the molecule is O=C(Cn1c(-c2ccccc2)nc2sc3c(c2c1=O)CCCC3)Nc1nnc(C2CCCO2)s1. The Morgan fingerprint density at radius 1 is 1.12 bits per heavy atom. The number of benzene rings is 1. The third kappa shape index (κ3) is 3.95. The molecule has 1 unspecified atom stereocenters. The standard InChI is InChI=1S/C24H23N5O3S2/c30-18(25-24-28-27-21(34-24)16-10-6-12-32-16)13-29-20(14-7-2-1-3-8-14)26-22-19(23(29)31)15-9-4-5-11-17(15)33-22/h1-3,7-8,16H,4-6,9-13H2,(H,25,28,30). The number of ether oxygens (including phenoxy) is 1. The van der Waals surface area contributed by atoms with Gasteiger partial charge in [0.05, 0.1) is 5.39 Å². The first-order valence-electron chi connectivity index (χ1n) is 11.5. The molecule has 2 aliphatic rings. The van der Waals surface area contributed by atoms with E-state index in [1.54, 1.807) is 11.3 Å². The Hall–Kier alpha value is -2.95. The van der Waals surface area contributed by atoms with E-state index in [1.807, 2.05) is 30.3 Å². The van der Waals surface area contributed by atoms with E-state index in [-0.39, 0.29) is 24.1 Å². The summed E-state index contributed by atoms with van der Waals surface area (Å²) in [4.78, 5) is 33.7. The molecule has 34 heavy (non-hydrogen) atoms. The van der Waals surface area contributed by atoms with Gasteiger partial charge in [-0.15, -0.1) is 21.5 Å². The first-order valence-corrected chi connectivity index (χ1v) is 13.2. The number of rotatable bonds is 5. The number of aromatic nitrogens is 4. The van der Waals surface area contributed by atoms with Crippen LogP contribution in [0.3, 0.4) is 0 Å². The number of nitrogens with one attached hydrogen (secondary N) is 1. The molecule has 3 aromatic heterocycles. The van der Waals surface area contributed by atoms with Crippen molar-refractivity contribution in [3.63, 3.8) is 0 Å². The maximum Gasteiger partial charge on any atom is 0.263 e. The lowest BCUT2D eigenvalue weighted by molar-refractivity contribution is -0.116. The number of aryl methyl sites for hydroxylation is 2. The molecule has 1 atom stereocenters. The topological polar surface area (TPSA) is 99.0 Å². The summed E-state index contributed by atoms with van der Waals surface area (Å²) in [5.41, 5.74) is 1.76. The molecule has 1 aromatic carbocycles. The van der Waals surface area contributed by atoms with E-state index in [1.165, 1.54) is 20.8 Å². The van der Waals surface area contributed by atoms with Crippen molar-refractivity contribution in [2.75, 3.05) is 11.9 Å². The largest absolute Gasteiger partial charge is 0.371 e. The summed E-state index contributed by atoms with van der Waals surface area (Å²) in [6.45, 7) is 0.574. The van der Waals surface area contributed by atoms with Crippen molar-refractivity contribution in [3.8, 4) is 11.4 Å². The van der Waals surface area contributed by atoms with Crippen LogP contribution in [0.25, 0.3) is 21.6 Å². The Balaban J connectivity index is 1.36. The zero-order valence-electron chi connectivity index (χ0n) is 18.5. The van der Waals surface area contributed by atoms with E-state index in [4.69, 9.17) is 9.72 Å². The van der Waals surface area contributed by atoms with Crippen LogP contribution in [0.2, 0.25) is 0 Å². The fourth-order valence-electron chi connectivity index (χ4n) is 4.68. The van der Waals surface area contributed by atoms with Crippen LogP contribution < -0.4 is 10.9 Å². The number of hydrogen-bond donors (Lipinski definition) is 1. The highest BCUT2D eigenvalue weighted by Gasteiger charge is 2.25. The van der Waals surface area contributed by atoms with Crippen LogP contribution in [-0.4, -0.2) is 32.3 Å². The molecule has 0 spiro atoms. The van der Waals surface area contributed by atoms with Crippen LogP contribution in [0, 0.1) is 0 Å². The van der Waals surface area contributed by atoms with Gasteiger partial charge in [0.25, 0.3) is 5.56 Å². The van der Waals surface area contributed by atoms with Gasteiger partial charge in [-0.1, -0.05) is 41.7 Å². The minimum absolute atomic E-state index is 0.0492. The minimum atomic E-state index is -0.334. The third-order valence-corrected chi connectivity index (χ3v) is 8.42. The first-order chi connectivity index (χ1) is 16.7. The van der Waals surface area contributed by atoms with Gasteiger partial charge in [0, 0.05) is 17.0 Å². The average molecular weight is 494 g/mol. The van der Waals surface area contributed by atoms with Crippen LogP contribution in [0.5, 0.6) is 0 Å². The quantitative estimate of drug-likeness (QED) is 0.444. The Kier molecular flexibility index (Phi) is 5.72. The van der Waals surface area contributed by atoms with Crippen molar-refractivity contribution in [1.82, 2.24) is 19.7 Å². The van der Waals surface area contributed by atoms with Crippen molar-refractivity contribution in [2.24, 2.45) is 0 Å². The highest BCUT2D eigenvalue weighted by atomic mass is 32.1. The third-order valence-electron chi connectivity index (χ3n) is 6.30. The molecular weight excluding hydrogens is 470 g/mol. The molecule has 1 aliphatic carbocycles. The van der Waals surface area contributed by atoms with E-state index in [0.717, 1.165) is 66.1 Å². The molecule has 1 amide bonds. The van der Waals surface area contributed by atoms with Crippen LogP contribution >= 0.6 is 22.7 Å². The number of thiophene rings is 1. The average Bonchev–Trinajstić information content (AvgIpc) is 3.61. The predicted molar refractivity (Wildman–Crippen MR) is 132 cm³/mol. The summed E-state index contributed by atoms with van der Waals surface area (Å²) in [6, 6.07) is 9.55. The number of carbonyl (C=O) groups is 1. The lowest BCUT2D eigenvalue weighted by atomic mass is 9.97. The lowest BCUT2D eigenvalue weighted by Gasteiger charge is -2.13. The Morgan fingerprint density at radius 2 is 1.97 bits per heavy atom. The summed E-state index contributed by atoms with van der Waals surface area (Å²) in [6.07, 6.45) is 5.95. The van der Waals surface area contributed by atoms with Gasteiger partial charge in [0.2, 0.25) is 11.0 Å². The molecule has 0 radical (unpaired) electrons. The van der Waals surface area contributed by atoms with Gasteiger partial charge < -0.3 is 4.74 Å². The monoisotopic (exact) mass is 493 g/mol. The number of amides is 1. The fourth-order valence-corrected chi connectivity index (χ4v) is 6.78. The number of hydrogen-bond acceptors (Lipinski definition) is 8. The van der Waals surface area contributed by atoms with Gasteiger partial charge in [-0.2, -0.15) is 0 Å². The molecule has 10 heteroatoms. The molecular formula is C24H23N5O3S2. The van der Waals surface area contributed by atoms with Crippen LogP contribution in [0.15, 0.2) is 35.1 Å². The van der Waals surface area contributed by atoms with E-state index in [2.05, 4.69) is 15.5 Å². The number of carbonyl (C=O) groups excluding carboxylic acids is 1. The summed E-state index contributed by atoms with van der Waals surface area (Å²) in [5, 5.41) is 12.9. The van der Waals surface area contributed by atoms with E-state index in [9.17, 15) is 9.59 Å².